The number of benzene rings is 2. The fraction of sp³-hybridized carbons (Fsp3) is 0.238. The van der Waals surface area contributed by atoms with Crippen LogP contribution in [0.4, 0.5) is 0 Å². The molecule has 1 unspecified atom stereocenters. The number of furan rings is 1. The van der Waals surface area contributed by atoms with E-state index in [9.17, 15) is 9.59 Å². The van der Waals surface area contributed by atoms with Gasteiger partial charge in [-0.25, -0.2) is 5.48 Å². The van der Waals surface area contributed by atoms with Crippen LogP contribution in [0.2, 0.25) is 0 Å². The van der Waals surface area contributed by atoms with Gasteiger partial charge in [-0.3, -0.25) is 14.8 Å². The lowest BCUT2D eigenvalue weighted by atomic mass is 9.86. The predicted molar refractivity (Wildman–Crippen MR) is 102 cm³/mol. The van der Waals surface area contributed by atoms with Gasteiger partial charge in [0.25, 0.3) is 11.8 Å². The molecule has 0 saturated heterocycles. The summed E-state index contributed by atoms with van der Waals surface area (Å²) in [4.78, 5) is 24.4. The summed E-state index contributed by atoms with van der Waals surface area (Å²) in [5.41, 5.74) is 4.54. The van der Waals surface area contributed by atoms with Gasteiger partial charge in [-0.1, -0.05) is 18.2 Å². The number of hydroxylamine groups is 1. The highest BCUT2D eigenvalue weighted by atomic mass is 16.5. The smallest absolute Gasteiger partial charge is 0.287 e. The van der Waals surface area contributed by atoms with Gasteiger partial charge in [-0.05, 0) is 54.7 Å². The number of ether oxygens (including phenoxy) is 1. The highest BCUT2D eigenvalue weighted by molar-refractivity contribution is 5.97. The molecule has 0 spiro atoms. The van der Waals surface area contributed by atoms with Crippen LogP contribution >= 0.6 is 0 Å². The van der Waals surface area contributed by atoms with Crippen molar-refractivity contribution >= 4 is 22.8 Å². The van der Waals surface area contributed by atoms with Gasteiger partial charge < -0.3 is 14.5 Å². The second-order valence-corrected chi connectivity index (χ2v) is 6.76. The molecular weight excluding hydrogens is 360 g/mol. The van der Waals surface area contributed by atoms with E-state index in [0.29, 0.717) is 16.9 Å². The monoisotopic (exact) mass is 380 g/mol. The van der Waals surface area contributed by atoms with Crippen molar-refractivity contribution < 1.29 is 24.0 Å². The van der Waals surface area contributed by atoms with Crippen LogP contribution in [0.1, 0.15) is 50.9 Å². The van der Waals surface area contributed by atoms with E-state index in [2.05, 4.69) is 5.32 Å². The molecule has 1 aliphatic carbocycles. The highest BCUT2D eigenvalue weighted by Crippen LogP contribution is 2.32. The van der Waals surface area contributed by atoms with Gasteiger partial charge in [0.1, 0.15) is 0 Å². The lowest BCUT2D eigenvalue weighted by Gasteiger charge is -2.26. The zero-order chi connectivity index (χ0) is 19.7. The number of aryl methyl sites for hydroxylation is 1. The fourth-order valence-electron chi connectivity index (χ4n) is 3.71. The van der Waals surface area contributed by atoms with Crippen LogP contribution in [-0.2, 0) is 6.42 Å². The number of para-hydroxylation sites is 1. The van der Waals surface area contributed by atoms with E-state index in [1.54, 1.807) is 36.9 Å². The quantitative estimate of drug-likeness (QED) is 0.476. The van der Waals surface area contributed by atoms with Crippen LogP contribution in [-0.4, -0.2) is 24.1 Å². The molecule has 1 aliphatic rings. The molecule has 28 heavy (non-hydrogen) atoms. The molecule has 0 aliphatic heterocycles. The van der Waals surface area contributed by atoms with Gasteiger partial charge in [-0.15, -0.1) is 0 Å². The molecule has 1 aromatic heterocycles. The van der Waals surface area contributed by atoms with Crippen molar-refractivity contribution in [1.82, 2.24) is 10.8 Å². The molecule has 2 amide bonds. The Kier molecular flexibility index (Phi) is 4.75. The zero-order valence-corrected chi connectivity index (χ0v) is 15.3. The summed E-state index contributed by atoms with van der Waals surface area (Å²) in [7, 11) is 1.56. The SMILES string of the molecule is COc1cccc2cc(C(=O)NC3CCCc4cc(C(=O)NO)ccc43)oc12. The number of methoxy groups -OCH3 is 1. The van der Waals surface area contributed by atoms with E-state index in [1.165, 1.54) is 0 Å². The average molecular weight is 380 g/mol. The molecule has 0 bridgehead atoms. The fourth-order valence-corrected chi connectivity index (χ4v) is 3.71. The Morgan fingerprint density at radius 1 is 1.18 bits per heavy atom. The topological polar surface area (TPSA) is 101 Å². The lowest BCUT2D eigenvalue weighted by molar-refractivity contribution is 0.0706. The summed E-state index contributed by atoms with van der Waals surface area (Å²) in [6, 6.07) is 12.2. The second-order valence-electron chi connectivity index (χ2n) is 6.76. The van der Waals surface area contributed by atoms with Crippen molar-refractivity contribution in [1.29, 1.82) is 0 Å². The molecule has 1 atom stereocenters. The number of amides is 2. The second kappa shape index (κ2) is 7.36. The molecule has 3 aromatic rings. The summed E-state index contributed by atoms with van der Waals surface area (Å²) < 4.78 is 11.0. The van der Waals surface area contributed by atoms with E-state index in [4.69, 9.17) is 14.4 Å². The molecule has 7 heteroatoms. The van der Waals surface area contributed by atoms with Crippen molar-refractivity contribution in [2.75, 3.05) is 7.11 Å². The van der Waals surface area contributed by atoms with E-state index in [-0.39, 0.29) is 17.7 Å². The normalized spacial score (nSPS) is 15.7. The van der Waals surface area contributed by atoms with Crippen LogP contribution < -0.4 is 15.5 Å². The maximum absolute atomic E-state index is 12.8. The van der Waals surface area contributed by atoms with Crippen molar-refractivity contribution in [3.8, 4) is 5.75 Å². The highest BCUT2D eigenvalue weighted by Gasteiger charge is 2.25. The third-order valence-corrected chi connectivity index (χ3v) is 5.08. The number of rotatable bonds is 4. The van der Waals surface area contributed by atoms with Crippen LogP contribution in [0, 0.1) is 0 Å². The molecule has 4 rings (SSSR count). The summed E-state index contributed by atoms with van der Waals surface area (Å²) in [5, 5.41) is 12.6. The maximum atomic E-state index is 12.8. The van der Waals surface area contributed by atoms with Gasteiger partial charge >= 0.3 is 0 Å². The number of fused-ring (bicyclic) bond motifs is 2. The van der Waals surface area contributed by atoms with Crippen molar-refractivity contribution in [2.24, 2.45) is 0 Å². The van der Waals surface area contributed by atoms with Gasteiger partial charge in [0.15, 0.2) is 17.1 Å². The Morgan fingerprint density at radius 3 is 2.82 bits per heavy atom. The van der Waals surface area contributed by atoms with Crippen LogP contribution in [0.5, 0.6) is 5.75 Å². The average Bonchev–Trinajstić information content (AvgIpc) is 3.17. The number of hydrogen-bond acceptors (Lipinski definition) is 5. The summed E-state index contributed by atoms with van der Waals surface area (Å²) in [6.07, 6.45) is 2.50. The van der Waals surface area contributed by atoms with Crippen molar-refractivity contribution in [3.05, 3.63) is 64.9 Å². The first kappa shape index (κ1) is 18.1. The molecule has 144 valence electrons. The summed E-state index contributed by atoms with van der Waals surface area (Å²) in [5.74, 6) is -0.0457. The molecule has 0 radical (unpaired) electrons. The van der Waals surface area contributed by atoms with Gasteiger partial charge in [0.05, 0.1) is 13.2 Å². The van der Waals surface area contributed by atoms with Crippen LogP contribution in [0.15, 0.2) is 46.9 Å². The first-order valence-electron chi connectivity index (χ1n) is 9.05. The Balaban J connectivity index is 1.59. The first-order chi connectivity index (χ1) is 13.6. The summed E-state index contributed by atoms with van der Waals surface area (Å²) in [6.45, 7) is 0. The Bertz CT molecular complexity index is 1060. The zero-order valence-electron chi connectivity index (χ0n) is 15.3. The maximum Gasteiger partial charge on any atom is 0.287 e. The predicted octanol–water partition coefficient (Wildman–Crippen LogP) is 3.37. The number of nitrogens with one attached hydrogen (secondary N) is 2. The van der Waals surface area contributed by atoms with Gasteiger partial charge in [-0.2, -0.15) is 0 Å². The molecule has 7 nitrogen and oxygen atoms in total. The molecule has 2 aromatic carbocycles. The first-order valence-corrected chi connectivity index (χ1v) is 9.05. The molecule has 1 heterocycles. The minimum absolute atomic E-state index is 0.169. The number of hydrogen-bond donors (Lipinski definition) is 3. The van der Waals surface area contributed by atoms with Crippen LogP contribution in [0.3, 0.4) is 0 Å². The minimum atomic E-state index is -0.551. The van der Waals surface area contributed by atoms with Crippen molar-refractivity contribution in [2.45, 2.75) is 25.3 Å². The molecular formula is C21H20N2O5. The Labute approximate surface area is 161 Å². The third kappa shape index (κ3) is 3.20. The Morgan fingerprint density at radius 2 is 2.04 bits per heavy atom. The third-order valence-electron chi connectivity index (χ3n) is 5.08. The number of carbonyl (C=O) groups excluding carboxylic acids is 2. The lowest BCUT2D eigenvalue weighted by Crippen LogP contribution is -2.31. The van der Waals surface area contributed by atoms with Gasteiger partial charge in [0, 0.05) is 10.9 Å². The number of carbonyl (C=O) groups is 2. The molecule has 3 N–H and O–H groups in total. The molecule has 0 fully saturated rings. The standard InChI is InChI=1S/C21H20N2O5/c1-27-17-7-3-5-13-11-18(28-19(13)17)21(25)22-16-6-2-4-12-10-14(20(24)23-26)8-9-15(12)16/h3,5,7-11,16,26H,2,4,6H2,1H3,(H,22,25)(H,23,24). The minimum Gasteiger partial charge on any atom is -0.493 e. The van der Waals surface area contributed by atoms with E-state index in [0.717, 1.165) is 35.8 Å². The summed E-state index contributed by atoms with van der Waals surface area (Å²) >= 11 is 0. The van der Waals surface area contributed by atoms with Crippen LogP contribution in [0.25, 0.3) is 11.0 Å². The van der Waals surface area contributed by atoms with Gasteiger partial charge in [0.2, 0.25) is 0 Å². The molecule has 0 saturated carbocycles. The van der Waals surface area contributed by atoms with E-state index >= 15 is 0 Å². The van der Waals surface area contributed by atoms with E-state index < -0.39 is 5.91 Å². The Hall–Kier alpha value is -3.32. The van der Waals surface area contributed by atoms with Crippen molar-refractivity contribution in [3.63, 3.8) is 0 Å². The van der Waals surface area contributed by atoms with E-state index in [1.807, 2.05) is 18.2 Å². The largest absolute Gasteiger partial charge is 0.493 e.